The second-order valence-electron chi connectivity index (χ2n) is 3.60. The topological polar surface area (TPSA) is 17.1 Å². The van der Waals surface area contributed by atoms with Crippen LogP contribution in [0.1, 0.15) is 5.56 Å². The van der Waals surface area contributed by atoms with Gasteiger partial charge in [0.15, 0.2) is 0 Å². The lowest BCUT2D eigenvalue weighted by Crippen LogP contribution is -2.38. The molecule has 0 heterocycles. The van der Waals surface area contributed by atoms with Crippen LogP contribution in [0.5, 0.6) is 0 Å². The maximum atomic E-state index is 13.2. The van der Waals surface area contributed by atoms with Gasteiger partial charge in [-0.3, -0.25) is 4.79 Å². The fourth-order valence-corrected chi connectivity index (χ4v) is 1.83. The summed E-state index contributed by atoms with van der Waals surface area (Å²) in [6, 6.07) is 4.45. The van der Waals surface area contributed by atoms with E-state index in [2.05, 4.69) is 0 Å². The first-order valence-corrected chi connectivity index (χ1v) is 4.81. The van der Waals surface area contributed by atoms with E-state index in [9.17, 15) is 26.7 Å². The van der Waals surface area contributed by atoms with Gasteiger partial charge in [0.2, 0.25) is 0 Å². The summed E-state index contributed by atoms with van der Waals surface area (Å²) >= 11 is 0. The predicted molar refractivity (Wildman–Crippen MR) is 53.7 cm³/mol. The highest BCUT2D eigenvalue weighted by Crippen LogP contribution is 2.54. The van der Waals surface area contributed by atoms with Crippen molar-refractivity contribution in [2.24, 2.45) is 0 Å². The minimum Gasteiger partial charge on any atom is -0.255 e. The molecule has 94 valence electrons. The van der Waals surface area contributed by atoms with E-state index in [1.165, 1.54) is 30.3 Å². The van der Waals surface area contributed by atoms with Gasteiger partial charge in [0.1, 0.15) is 5.57 Å². The molecule has 0 amide bonds. The van der Waals surface area contributed by atoms with E-state index in [0.717, 1.165) is 0 Å². The Morgan fingerprint density at radius 3 is 2.00 bits per heavy atom. The zero-order chi connectivity index (χ0) is 13.5. The molecule has 0 radical (unpaired) electrons. The number of allylic oxidation sites excluding steroid dienone is 3. The Balaban J connectivity index is 2.71. The van der Waals surface area contributed by atoms with E-state index in [1.54, 1.807) is 0 Å². The third-order valence-corrected chi connectivity index (χ3v) is 2.58. The standard InChI is InChI=1S/C12H5F5O/c13-10(14)8-7(6-4-2-1-3-5-6)9(11(15)18)12(8,16)17/h1-5H. The maximum Gasteiger partial charge on any atom is 0.335 e. The van der Waals surface area contributed by atoms with E-state index >= 15 is 0 Å². The summed E-state index contributed by atoms with van der Waals surface area (Å²) in [4.78, 5) is 10.5. The average Bonchev–Trinajstić information content (AvgIpc) is 2.26. The van der Waals surface area contributed by atoms with Crippen LogP contribution < -0.4 is 0 Å². The zero-order valence-electron chi connectivity index (χ0n) is 8.68. The third kappa shape index (κ3) is 1.64. The lowest BCUT2D eigenvalue weighted by molar-refractivity contribution is -0.128. The second kappa shape index (κ2) is 4.04. The number of hydrogen-bond donors (Lipinski definition) is 0. The Labute approximate surface area is 98.2 Å². The number of rotatable bonds is 2. The Morgan fingerprint density at radius 2 is 1.56 bits per heavy atom. The molecule has 0 saturated heterocycles. The minimum atomic E-state index is -4.24. The normalized spacial score (nSPS) is 17.5. The van der Waals surface area contributed by atoms with Crippen LogP contribution in [0.25, 0.3) is 5.57 Å². The first kappa shape index (κ1) is 12.5. The van der Waals surface area contributed by atoms with E-state index in [1.807, 2.05) is 0 Å². The molecule has 0 saturated carbocycles. The molecule has 1 aliphatic carbocycles. The van der Waals surface area contributed by atoms with Gasteiger partial charge in [0, 0.05) is 5.57 Å². The third-order valence-electron chi connectivity index (χ3n) is 2.58. The number of benzene rings is 1. The van der Waals surface area contributed by atoms with Crippen molar-refractivity contribution in [3.8, 4) is 0 Å². The van der Waals surface area contributed by atoms with Crippen molar-refractivity contribution in [1.29, 1.82) is 0 Å². The summed E-state index contributed by atoms with van der Waals surface area (Å²) in [7, 11) is 0. The van der Waals surface area contributed by atoms with Crippen molar-refractivity contribution in [2.75, 3.05) is 0 Å². The molecule has 0 bridgehead atoms. The number of hydrogen-bond acceptors (Lipinski definition) is 1. The van der Waals surface area contributed by atoms with Crippen molar-refractivity contribution < 1.29 is 26.7 Å². The van der Waals surface area contributed by atoms with Gasteiger partial charge < -0.3 is 0 Å². The van der Waals surface area contributed by atoms with Gasteiger partial charge in [0.25, 0.3) is 6.08 Å². The molecule has 1 aromatic carbocycles. The molecule has 0 aromatic heterocycles. The molecule has 0 atom stereocenters. The van der Waals surface area contributed by atoms with Crippen LogP contribution in [0, 0.1) is 0 Å². The number of carbonyl (C=O) groups excluding carboxylic acids is 1. The Bertz CT molecular complexity index is 567. The summed E-state index contributed by atoms with van der Waals surface area (Å²) in [5.74, 6) is -4.24. The van der Waals surface area contributed by atoms with Crippen molar-refractivity contribution in [1.82, 2.24) is 0 Å². The van der Waals surface area contributed by atoms with Gasteiger partial charge >= 0.3 is 12.0 Å². The van der Waals surface area contributed by atoms with Gasteiger partial charge in [-0.2, -0.15) is 22.0 Å². The van der Waals surface area contributed by atoms with E-state index in [-0.39, 0.29) is 5.56 Å². The minimum absolute atomic E-state index is 0.0489. The molecule has 18 heavy (non-hydrogen) atoms. The van der Waals surface area contributed by atoms with Gasteiger partial charge in [-0.1, -0.05) is 30.3 Å². The SMILES string of the molecule is O=C(F)C1=C(c2ccccc2)C(=C(F)F)C1(F)F. The molecule has 0 aliphatic heterocycles. The van der Waals surface area contributed by atoms with Gasteiger partial charge in [-0.05, 0) is 5.56 Å². The largest absolute Gasteiger partial charge is 0.335 e. The molecule has 1 aliphatic rings. The molecular formula is C12H5F5O. The first-order chi connectivity index (χ1) is 8.37. The van der Waals surface area contributed by atoms with Crippen LogP contribution in [0.2, 0.25) is 0 Å². The lowest BCUT2D eigenvalue weighted by Gasteiger charge is -2.33. The van der Waals surface area contributed by atoms with Crippen molar-refractivity contribution in [3.63, 3.8) is 0 Å². The highest BCUT2D eigenvalue weighted by Gasteiger charge is 2.58. The van der Waals surface area contributed by atoms with Crippen LogP contribution in [-0.2, 0) is 4.79 Å². The average molecular weight is 260 g/mol. The summed E-state index contributed by atoms with van der Waals surface area (Å²) in [6.07, 6.45) is -2.62. The zero-order valence-corrected chi connectivity index (χ0v) is 8.68. The second-order valence-corrected chi connectivity index (χ2v) is 3.60. The van der Waals surface area contributed by atoms with Crippen molar-refractivity contribution >= 4 is 11.6 Å². The summed E-state index contributed by atoms with van der Waals surface area (Å²) in [5, 5.41) is 0. The molecule has 0 N–H and O–H groups in total. The number of halogens is 5. The van der Waals surface area contributed by atoms with Gasteiger partial charge in [-0.15, -0.1) is 0 Å². The van der Waals surface area contributed by atoms with Crippen LogP contribution in [0.15, 0.2) is 47.6 Å². The summed E-state index contributed by atoms with van der Waals surface area (Å²) < 4.78 is 64.0. The molecule has 6 heteroatoms. The smallest absolute Gasteiger partial charge is 0.255 e. The van der Waals surface area contributed by atoms with Crippen LogP contribution in [0.4, 0.5) is 22.0 Å². The molecule has 0 fully saturated rings. The highest BCUT2D eigenvalue weighted by atomic mass is 19.3. The van der Waals surface area contributed by atoms with Gasteiger partial charge in [0.05, 0.1) is 5.57 Å². The Hall–Kier alpha value is -1.98. The highest BCUT2D eigenvalue weighted by molar-refractivity contribution is 6.10. The van der Waals surface area contributed by atoms with Crippen LogP contribution in [0.3, 0.4) is 0 Å². The first-order valence-electron chi connectivity index (χ1n) is 4.81. The monoisotopic (exact) mass is 260 g/mol. The lowest BCUT2D eigenvalue weighted by atomic mass is 9.76. The van der Waals surface area contributed by atoms with E-state index < -0.39 is 34.8 Å². The Morgan fingerprint density at radius 1 is 1.00 bits per heavy atom. The molecule has 2 rings (SSSR count). The molecule has 0 spiro atoms. The quantitative estimate of drug-likeness (QED) is 0.584. The van der Waals surface area contributed by atoms with E-state index in [4.69, 9.17) is 0 Å². The molecule has 0 unspecified atom stereocenters. The Kier molecular flexibility index (Phi) is 2.80. The molecular weight excluding hydrogens is 255 g/mol. The van der Waals surface area contributed by atoms with E-state index in [0.29, 0.717) is 0 Å². The van der Waals surface area contributed by atoms with Crippen LogP contribution in [-0.4, -0.2) is 12.0 Å². The fourth-order valence-electron chi connectivity index (χ4n) is 1.83. The fraction of sp³-hybridized carbons (Fsp3) is 0.0833. The number of alkyl halides is 2. The van der Waals surface area contributed by atoms with Crippen molar-refractivity contribution in [3.05, 3.63) is 53.1 Å². The summed E-state index contributed by atoms with van der Waals surface area (Å²) in [5.41, 5.74) is -3.88. The number of carbonyl (C=O) groups is 1. The maximum absolute atomic E-state index is 13.2. The predicted octanol–water partition coefficient (Wildman–Crippen LogP) is 3.74. The van der Waals surface area contributed by atoms with Crippen LogP contribution >= 0.6 is 0 Å². The molecule has 1 aromatic rings. The summed E-state index contributed by atoms with van der Waals surface area (Å²) in [6.45, 7) is 0. The van der Waals surface area contributed by atoms with Gasteiger partial charge in [-0.25, -0.2) is 0 Å². The van der Waals surface area contributed by atoms with Crippen molar-refractivity contribution in [2.45, 2.75) is 5.92 Å². The molecule has 1 nitrogen and oxygen atoms in total.